The second kappa shape index (κ2) is 4.47. The van der Waals surface area contributed by atoms with Gasteiger partial charge < -0.3 is 4.74 Å². The van der Waals surface area contributed by atoms with Crippen molar-refractivity contribution in [3.63, 3.8) is 0 Å². The second-order valence-electron chi connectivity index (χ2n) is 4.00. The maximum atomic E-state index is 11.7. The van der Waals surface area contributed by atoms with E-state index in [1.807, 2.05) is 23.6 Å². The molecule has 5 nitrogen and oxygen atoms in total. The summed E-state index contributed by atoms with van der Waals surface area (Å²) in [7, 11) is 1.36. The number of thiophene rings is 1. The minimum Gasteiger partial charge on any atom is -0.465 e. The van der Waals surface area contributed by atoms with Crippen LogP contribution in [-0.2, 0) is 4.74 Å². The summed E-state index contributed by atoms with van der Waals surface area (Å²) in [5.41, 5.74) is 1.86. The molecule has 0 saturated heterocycles. The second-order valence-corrected chi connectivity index (χ2v) is 4.94. The third kappa shape index (κ3) is 1.90. The molecule has 3 rings (SSSR count). The van der Waals surface area contributed by atoms with E-state index in [2.05, 4.69) is 10.1 Å². The number of methoxy groups -OCH3 is 1. The zero-order chi connectivity index (χ0) is 13.4. The van der Waals surface area contributed by atoms with Crippen molar-refractivity contribution in [1.82, 2.24) is 14.6 Å². The Morgan fingerprint density at radius 2 is 2.21 bits per heavy atom. The summed E-state index contributed by atoms with van der Waals surface area (Å²) in [4.78, 5) is 17.1. The molecule has 0 N–H and O–H groups in total. The van der Waals surface area contributed by atoms with Crippen LogP contribution in [0.25, 0.3) is 16.2 Å². The first-order valence-corrected chi connectivity index (χ1v) is 6.57. The summed E-state index contributed by atoms with van der Waals surface area (Å²) in [6, 6.07) is 7.57. The quantitative estimate of drug-likeness (QED) is 0.673. The predicted octanol–water partition coefficient (Wildman–Crippen LogP) is 2.55. The van der Waals surface area contributed by atoms with E-state index in [9.17, 15) is 4.79 Å². The first kappa shape index (κ1) is 11.9. The monoisotopic (exact) mass is 273 g/mol. The summed E-state index contributed by atoms with van der Waals surface area (Å²) in [6.07, 6.45) is 0. The highest BCUT2D eigenvalue weighted by Gasteiger charge is 2.17. The first-order chi connectivity index (χ1) is 9.20. The lowest BCUT2D eigenvalue weighted by atomic mass is 10.2. The normalized spacial score (nSPS) is 10.8. The van der Waals surface area contributed by atoms with E-state index in [1.54, 1.807) is 28.8 Å². The zero-order valence-electron chi connectivity index (χ0n) is 10.5. The molecule has 0 amide bonds. The van der Waals surface area contributed by atoms with Crippen molar-refractivity contribution in [3.05, 3.63) is 41.0 Å². The lowest BCUT2D eigenvalue weighted by Crippen LogP contribution is -2.05. The minimum atomic E-state index is -0.407. The van der Waals surface area contributed by atoms with Crippen LogP contribution in [0.4, 0.5) is 0 Å². The molecule has 0 aliphatic rings. The molecule has 6 heteroatoms. The highest BCUT2D eigenvalue weighted by Crippen LogP contribution is 2.26. The van der Waals surface area contributed by atoms with Crippen molar-refractivity contribution in [2.45, 2.75) is 6.92 Å². The van der Waals surface area contributed by atoms with Gasteiger partial charge >= 0.3 is 5.97 Å². The fraction of sp³-hybridized carbons (Fsp3) is 0.154. The Bertz CT molecular complexity index is 747. The number of hydrogen-bond acceptors (Lipinski definition) is 5. The lowest BCUT2D eigenvalue weighted by molar-refractivity contribution is 0.0602. The molecule has 0 aliphatic heterocycles. The molecular formula is C13H11N3O2S. The van der Waals surface area contributed by atoms with Gasteiger partial charge in [-0.25, -0.2) is 14.3 Å². The molecule has 0 unspecified atom stereocenters. The van der Waals surface area contributed by atoms with Crippen LogP contribution >= 0.6 is 11.3 Å². The molecule has 3 aromatic rings. The standard InChI is InChI=1S/C13H11N3O2S/c1-8-14-12-9(13(17)18-2)5-6-10(16(12)15-8)11-4-3-7-19-11/h3-7H,1-2H3. The molecule has 0 bridgehead atoms. The number of fused-ring (bicyclic) bond motifs is 1. The highest BCUT2D eigenvalue weighted by molar-refractivity contribution is 7.13. The Balaban J connectivity index is 2.30. The molecule has 0 atom stereocenters. The summed E-state index contributed by atoms with van der Waals surface area (Å²) >= 11 is 1.62. The molecule has 0 aromatic carbocycles. The Morgan fingerprint density at radius 1 is 1.37 bits per heavy atom. The Morgan fingerprint density at radius 3 is 2.89 bits per heavy atom. The maximum absolute atomic E-state index is 11.7. The van der Waals surface area contributed by atoms with E-state index in [1.165, 1.54) is 7.11 Å². The number of carbonyl (C=O) groups is 1. The van der Waals surface area contributed by atoms with Gasteiger partial charge in [-0.05, 0) is 30.5 Å². The van der Waals surface area contributed by atoms with E-state index in [-0.39, 0.29) is 0 Å². The van der Waals surface area contributed by atoms with Crippen LogP contribution in [0.2, 0.25) is 0 Å². The van der Waals surface area contributed by atoms with Gasteiger partial charge in [0.25, 0.3) is 0 Å². The van der Waals surface area contributed by atoms with E-state index >= 15 is 0 Å². The first-order valence-electron chi connectivity index (χ1n) is 5.69. The number of nitrogens with zero attached hydrogens (tertiary/aromatic N) is 3. The van der Waals surface area contributed by atoms with Gasteiger partial charge in [0.05, 0.1) is 17.7 Å². The molecule has 3 heterocycles. The number of pyridine rings is 1. The smallest absolute Gasteiger partial charge is 0.341 e. The van der Waals surface area contributed by atoms with Gasteiger partial charge in [-0.15, -0.1) is 11.3 Å². The molecule has 0 spiro atoms. The van der Waals surface area contributed by atoms with Crippen LogP contribution in [0.1, 0.15) is 16.2 Å². The average Bonchev–Trinajstić information content (AvgIpc) is 3.04. The zero-order valence-corrected chi connectivity index (χ0v) is 11.3. The molecule has 0 saturated carbocycles. The van der Waals surface area contributed by atoms with E-state index in [0.29, 0.717) is 17.0 Å². The summed E-state index contributed by atoms with van der Waals surface area (Å²) in [5.74, 6) is 0.212. The number of aryl methyl sites for hydroxylation is 1. The predicted molar refractivity (Wildman–Crippen MR) is 72.4 cm³/mol. The van der Waals surface area contributed by atoms with Gasteiger partial charge in [0, 0.05) is 0 Å². The van der Waals surface area contributed by atoms with Crippen molar-refractivity contribution < 1.29 is 9.53 Å². The van der Waals surface area contributed by atoms with Crippen LogP contribution in [0.15, 0.2) is 29.6 Å². The fourth-order valence-electron chi connectivity index (χ4n) is 1.94. The molecular weight excluding hydrogens is 262 g/mol. The number of hydrogen-bond donors (Lipinski definition) is 0. The van der Waals surface area contributed by atoms with Crippen molar-refractivity contribution in [2.24, 2.45) is 0 Å². The van der Waals surface area contributed by atoms with E-state index in [0.717, 1.165) is 10.6 Å². The van der Waals surface area contributed by atoms with Crippen LogP contribution in [-0.4, -0.2) is 27.7 Å². The van der Waals surface area contributed by atoms with Gasteiger partial charge in [0.15, 0.2) is 5.65 Å². The molecule has 19 heavy (non-hydrogen) atoms. The van der Waals surface area contributed by atoms with Crippen LogP contribution in [0.3, 0.4) is 0 Å². The van der Waals surface area contributed by atoms with Gasteiger partial charge in [-0.1, -0.05) is 6.07 Å². The maximum Gasteiger partial charge on any atom is 0.341 e. The van der Waals surface area contributed by atoms with Gasteiger partial charge in [-0.2, -0.15) is 5.10 Å². The summed E-state index contributed by atoms with van der Waals surface area (Å²) < 4.78 is 6.45. The molecule has 3 aromatic heterocycles. The Labute approximate surface area is 113 Å². The number of aromatic nitrogens is 3. The number of rotatable bonds is 2. The Kier molecular flexibility index (Phi) is 2.79. The third-order valence-corrected chi connectivity index (χ3v) is 3.66. The summed E-state index contributed by atoms with van der Waals surface area (Å²) in [5, 5.41) is 6.35. The molecule has 0 aliphatic carbocycles. The average molecular weight is 273 g/mol. The van der Waals surface area contributed by atoms with Crippen LogP contribution in [0.5, 0.6) is 0 Å². The number of ether oxygens (including phenoxy) is 1. The molecule has 96 valence electrons. The molecule has 0 radical (unpaired) electrons. The van der Waals surface area contributed by atoms with E-state index < -0.39 is 5.97 Å². The van der Waals surface area contributed by atoms with Crippen molar-refractivity contribution in [2.75, 3.05) is 7.11 Å². The van der Waals surface area contributed by atoms with Crippen molar-refractivity contribution in [1.29, 1.82) is 0 Å². The summed E-state index contributed by atoms with van der Waals surface area (Å²) in [6.45, 7) is 1.80. The largest absolute Gasteiger partial charge is 0.465 e. The van der Waals surface area contributed by atoms with Gasteiger partial charge in [-0.3, -0.25) is 0 Å². The van der Waals surface area contributed by atoms with Crippen molar-refractivity contribution in [3.8, 4) is 10.6 Å². The number of carbonyl (C=O) groups excluding carboxylic acids is 1. The van der Waals surface area contributed by atoms with E-state index in [4.69, 9.17) is 4.74 Å². The topological polar surface area (TPSA) is 56.5 Å². The lowest BCUT2D eigenvalue weighted by Gasteiger charge is -2.05. The van der Waals surface area contributed by atoms with Gasteiger partial charge in [0.2, 0.25) is 0 Å². The van der Waals surface area contributed by atoms with Crippen LogP contribution in [0, 0.1) is 6.92 Å². The Hall–Kier alpha value is -2.21. The minimum absolute atomic E-state index is 0.407. The number of esters is 1. The van der Waals surface area contributed by atoms with Crippen molar-refractivity contribution >= 4 is 23.0 Å². The fourth-order valence-corrected chi connectivity index (χ4v) is 2.68. The highest BCUT2D eigenvalue weighted by atomic mass is 32.1. The van der Waals surface area contributed by atoms with Gasteiger partial charge in [0.1, 0.15) is 11.4 Å². The SMILES string of the molecule is COC(=O)c1ccc(-c2cccs2)n2nc(C)nc12. The molecule has 0 fully saturated rings. The van der Waals surface area contributed by atoms with Crippen LogP contribution < -0.4 is 0 Å². The third-order valence-electron chi connectivity index (χ3n) is 2.77.